The van der Waals surface area contributed by atoms with Gasteiger partial charge in [-0.2, -0.15) is 0 Å². The normalized spacial score (nSPS) is 17.1. The molecular weight excluding hydrogens is 320 g/mol. The van der Waals surface area contributed by atoms with E-state index >= 15 is 0 Å². The highest BCUT2D eigenvalue weighted by molar-refractivity contribution is 6.05. The van der Waals surface area contributed by atoms with E-state index in [1.54, 1.807) is 19.1 Å². The van der Waals surface area contributed by atoms with E-state index in [2.05, 4.69) is 10.3 Å². The highest BCUT2D eigenvalue weighted by Gasteiger charge is 2.24. The van der Waals surface area contributed by atoms with Crippen molar-refractivity contribution in [2.24, 2.45) is 0 Å². The van der Waals surface area contributed by atoms with Crippen molar-refractivity contribution in [2.75, 3.05) is 11.9 Å². The SMILES string of the molecule is Cc1cc(C2CCCO2)oc(=O)c1C(=O)Nc1ccc2[nH]ccc2c1. The zero-order valence-electron chi connectivity index (χ0n) is 13.8. The third-order valence-corrected chi connectivity index (χ3v) is 4.45. The monoisotopic (exact) mass is 338 g/mol. The fraction of sp³-hybridized carbons (Fsp3) is 0.263. The van der Waals surface area contributed by atoms with Gasteiger partial charge in [0.2, 0.25) is 0 Å². The molecule has 3 aromatic rings. The fourth-order valence-corrected chi connectivity index (χ4v) is 3.19. The Morgan fingerprint density at radius 2 is 2.16 bits per heavy atom. The van der Waals surface area contributed by atoms with E-state index in [9.17, 15) is 9.59 Å². The Labute approximate surface area is 143 Å². The summed E-state index contributed by atoms with van der Waals surface area (Å²) in [5.41, 5.74) is 1.58. The van der Waals surface area contributed by atoms with Gasteiger partial charge in [0.15, 0.2) is 0 Å². The van der Waals surface area contributed by atoms with Crippen molar-refractivity contribution in [1.82, 2.24) is 4.98 Å². The summed E-state index contributed by atoms with van der Waals surface area (Å²) in [5.74, 6) is 0.0188. The van der Waals surface area contributed by atoms with Crippen LogP contribution in [0.2, 0.25) is 0 Å². The Morgan fingerprint density at radius 3 is 2.92 bits per heavy atom. The van der Waals surface area contributed by atoms with E-state index in [0.717, 1.165) is 23.7 Å². The van der Waals surface area contributed by atoms with Gasteiger partial charge < -0.3 is 19.5 Å². The maximum absolute atomic E-state index is 12.6. The molecule has 1 saturated heterocycles. The van der Waals surface area contributed by atoms with Crippen LogP contribution in [0, 0.1) is 6.92 Å². The topological polar surface area (TPSA) is 84.3 Å². The lowest BCUT2D eigenvalue weighted by atomic mass is 10.1. The van der Waals surface area contributed by atoms with Crippen LogP contribution in [0.3, 0.4) is 0 Å². The van der Waals surface area contributed by atoms with E-state index in [1.165, 1.54) is 0 Å². The Kier molecular flexibility index (Phi) is 3.89. The fourth-order valence-electron chi connectivity index (χ4n) is 3.19. The van der Waals surface area contributed by atoms with Crippen LogP contribution in [-0.4, -0.2) is 17.5 Å². The van der Waals surface area contributed by atoms with Gasteiger partial charge in [-0.25, -0.2) is 4.79 Å². The zero-order valence-corrected chi connectivity index (χ0v) is 13.8. The lowest BCUT2D eigenvalue weighted by Gasteiger charge is -2.11. The predicted octanol–water partition coefficient (Wildman–Crippen LogP) is 3.53. The highest BCUT2D eigenvalue weighted by atomic mass is 16.5. The minimum Gasteiger partial charge on any atom is -0.424 e. The molecule has 1 atom stereocenters. The quantitative estimate of drug-likeness (QED) is 0.765. The smallest absolute Gasteiger partial charge is 0.349 e. The molecule has 3 heterocycles. The zero-order chi connectivity index (χ0) is 17.4. The molecule has 128 valence electrons. The van der Waals surface area contributed by atoms with Gasteiger partial charge in [-0.1, -0.05) is 0 Å². The van der Waals surface area contributed by atoms with Gasteiger partial charge in [-0.15, -0.1) is 0 Å². The van der Waals surface area contributed by atoms with Crippen LogP contribution in [0.15, 0.2) is 45.7 Å². The summed E-state index contributed by atoms with van der Waals surface area (Å²) in [4.78, 5) is 28.0. The number of rotatable bonds is 3. The second kappa shape index (κ2) is 6.22. The van der Waals surface area contributed by atoms with Crippen molar-refractivity contribution in [3.8, 4) is 0 Å². The van der Waals surface area contributed by atoms with Crippen LogP contribution in [-0.2, 0) is 4.74 Å². The largest absolute Gasteiger partial charge is 0.424 e. The number of nitrogens with one attached hydrogen (secondary N) is 2. The molecule has 1 amide bonds. The number of H-pyrrole nitrogens is 1. The molecule has 1 unspecified atom stereocenters. The number of hydrogen-bond acceptors (Lipinski definition) is 4. The van der Waals surface area contributed by atoms with E-state index < -0.39 is 11.5 Å². The number of benzene rings is 1. The number of hydrogen-bond donors (Lipinski definition) is 2. The van der Waals surface area contributed by atoms with Crippen LogP contribution in [0.4, 0.5) is 5.69 Å². The first-order valence-corrected chi connectivity index (χ1v) is 8.26. The Bertz CT molecular complexity index is 996. The van der Waals surface area contributed by atoms with Crippen LogP contribution < -0.4 is 10.9 Å². The lowest BCUT2D eigenvalue weighted by molar-refractivity contribution is 0.0895. The molecule has 0 aliphatic carbocycles. The van der Waals surface area contributed by atoms with E-state index in [0.29, 0.717) is 23.6 Å². The first-order valence-electron chi connectivity index (χ1n) is 8.26. The van der Waals surface area contributed by atoms with E-state index in [4.69, 9.17) is 9.15 Å². The molecule has 1 aliphatic heterocycles. The number of carbonyl (C=O) groups excluding carboxylic acids is 1. The summed E-state index contributed by atoms with van der Waals surface area (Å²) in [6.07, 6.45) is 3.40. The van der Waals surface area contributed by atoms with Crippen LogP contribution in [0.25, 0.3) is 10.9 Å². The molecule has 0 radical (unpaired) electrons. The number of aromatic amines is 1. The molecular formula is C19H18N2O4. The highest BCUT2D eigenvalue weighted by Crippen LogP contribution is 2.28. The second-order valence-electron chi connectivity index (χ2n) is 6.23. The maximum atomic E-state index is 12.6. The average molecular weight is 338 g/mol. The Morgan fingerprint density at radius 1 is 1.28 bits per heavy atom. The molecule has 0 saturated carbocycles. The van der Waals surface area contributed by atoms with Crippen LogP contribution >= 0.6 is 0 Å². The van der Waals surface area contributed by atoms with Crippen molar-refractivity contribution in [1.29, 1.82) is 0 Å². The molecule has 25 heavy (non-hydrogen) atoms. The van der Waals surface area contributed by atoms with Crippen molar-refractivity contribution in [3.63, 3.8) is 0 Å². The molecule has 2 N–H and O–H groups in total. The Hall–Kier alpha value is -2.86. The van der Waals surface area contributed by atoms with Gasteiger partial charge >= 0.3 is 5.63 Å². The van der Waals surface area contributed by atoms with Crippen molar-refractivity contribution in [2.45, 2.75) is 25.9 Å². The number of ether oxygens (including phenoxy) is 1. The molecule has 1 aromatic carbocycles. The number of aromatic nitrogens is 1. The van der Waals surface area contributed by atoms with E-state index in [-0.39, 0.29) is 11.7 Å². The average Bonchev–Trinajstić information content (AvgIpc) is 3.25. The summed E-state index contributed by atoms with van der Waals surface area (Å²) < 4.78 is 10.9. The van der Waals surface area contributed by atoms with Gasteiger partial charge in [-0.05, 0) is 55.7 Å². The predicted molar refractivity (Wildman–Crippen MR) is 93.9 cm³/mol. The first kappa shape index (κ1) is 15.7. The number of anilines is 1. The second-order valence-corrected chi connectivity index (χ2v) is 6.23. The molecule has 0 bridgehead atoms. The van der Waals surface area contributed by atoms with Gasteiger partial charge in [0.1, 0.15) is 17.4 Å². The molecule has 2 aromatic heterocycles. The van der Waals surface area contributed by atoms with Crippen LogP contribution in [0.1, 0.15) is 40.6 Å². The summed E-state index contributed by atoms with van der Waals surface area (Å²) in [6.45, 7) is 2.40. The summed E-state index contributed by atoms with van der Waals surface area (Å²) >= 11 is 0. The summed E-state index contributed by atoms with van der Waals surface area (Å²) in [6, 6.07) is 9.15. The lowest BCUT2D eigenvalue weighted by Crippen LogP contribution is -2.23. The van der Waals surface area contributed by atoms with Crippen molar-refractivity contribution in [3.05, 3.63) is 63.8 Å². The van der Waals surface area contributed by atoms with Crippen LogP contribution in [0.5, 0.6) is 0 Å². The molecule has 1 aliphatic rings. The maximum Gasteiger partial charge on any atom is 0.349 e. The molecule has 6 heteroatoms. The van der Waals surface area contributed by atoms with E-state index in [1.807, 2.05) is 24.4 Å². The summed E-state index contributed by atoms with van der Waals surface area (Å²) in [7, 11) is 0. The standard InChI is InChI=1S/C19H18N2O4/c1-11-9-16(15-3-2-8-24-15)25-19(23)17(11)18(22)21-13-4-5-14-12(10-13)6-7-20-14/h4-7,9-10,15,20H,2-3,8H2,1H3,(H,21,22). The first-order chi connectivity index (χ1) is 12.1. The van der Waals surface area contributed by atoms with Gasteiger partial charge in [0, 0.05) is 29.4 Å². The molecule has 0 spiro atoms. The number of fused-ring (bicyclic) bond motifs is 1. The van der Waals surface area contributed by atoms with Gasteiger partial charge in [-0.3, -0.25) is 4.79 Å². The molecule has 4 rings (SSSR count). The summed E-state index contributed by atoms with van der Waals surface area (Å²) in [5, 5.41) is 3.75. The van der Waals surface area contributed by atoms with Crippen molar-refractivity contribution >= 4 is 22.5 Å². The molecule has 1 fully saturated rings. The third-order valence-electron chi connectivity index (χ3n) is 4.45. The molecule has 6 nitrogen and oxygen atoms in total. The number of amides is 1. The number of carbonyl (C=O) groups is 1. The van der Waals surface area contributed by atoms with Gasteiger partial charge in [0.05, 0.1) is 0 Å². The van der Waals surface area contributed by atoms with Crippen molar-refractivity contribution < 1.29 is 13.9 Å². The Balaban J connectivity index is 1.61. The van der Waals surface area contributed by atoms with Gasteiger partial charge in [0.25, 0.3) is 5.91 Å². The minimum atomic E-state index is -0.634. The minimum absolute atomic E-state index is 0.0240. The third kappa shape index (κ3) is 2.96. The number of aryl methyl sites for hydroxylation is 1.